The van der Waals surface area contributed by atoms with Crippen molar-refractivity contribution in [3.05, 3.63) is 47.5 Å². The Balaban J connectivity index is 2.33. The molecule has 0 fully saturated rings. The summed E-state index contributed by atoms with van der Waals surface area (Å²) in [5.41, 5.74) is 0.237. The van der Waals surface area contributed by atoms with Gasteiger partial charge < -0.3 is 9.84 Å². The molecule has 0 spiro atoms. The highest BCUT2D eigenvalue weighted by Crippen LogP contribution is 2.14. The maximum atomic E-state index is 12.2. The van der Waals surface area contributed by atoms with E-state index >= 15 is 0 Å². The van der Waals surface area contributed by atoms with Crippen LogP contribution in [-0.2, 0) is 16.1 Å². The average molecular weight is 303 g/mol. The van der Waals surface area contributed by atoms with Crippen molar-refractivity contribution in [3.63, 3.8) is 0 Å². The molecule has 2 N–H and O–H groups in total. The normalized spacial score (nSPS) is 10.2. The predicted octanol–water partition coefficient (Wildman–Crippen LogP) is 1.22. The quantitative estimate of drug-likeness (QED) is 0.803. The SMILES string of the molecule is C=CCOC(=O)Nc1ccc2ncn(CC(=O)O)c(=O)c2c1. The zero-order chi connectivity index (χ0) is 16.1. The fraction of sp³-hybridized carbons (Fsp3) is 0.143. The van der Waals surface area contributed by atoms with Crippen molar-refractivity contribution in [2.45, 2.75) is 6.54 Å². The Hall–Kier alpha value is -3.16. The highest BCUT2D eigenvalue weighted by molar-refractivity contribution is 5.89. The van der Waals surface area contributed by atoms with Gasteiger partial charge in [-0.05, 0) is 18.2 Å². The van der Waals surface area contributed by atoms with Crippen LogP contribution in [0, 0.1) is 0 Å². The number of aromatic nitrogens is 2. The molecule has 2 aromatic rings. The minimum Gasteiger partial charge on any atom is -0.480 e. The fourth-order valence-electron chi connectivity index (χ4n) is 1.78. The number of carboxylic acids is 1. The Kier molecular flexibility index (Phi) is 4.52. The molecule has 1 heterocycles. The molecule has 8 nitrogen and oxygen atoms in total. The molecular weight excluding hydrogens is 290 g/mol. The molecule has 1 aromatic carbocycles. The third kappa shape index (κ3) is 3.48. The molecule has 1 amide bonds. The van der Waals surface area contributed by atoms with Crippen LogP contribution >= 0.6 is 0 Å². The largest absolute Gasteiger partial charge is 0.480 e. The van der Waals surface area contributed by atoms with Gasteiger partial charge in [-0.3, -0.25) is 19.5 Å². The van der Waals surface area contributed by atoms with E-state index in [-0.39, 0.29) is 12.0 Å². The molecule has 0 saturated carbocycles. The van der Waals surface area contributed by atoms with Crippen molar-refractivity contribution in [2.24, 2.45) is 0 Å². The van der Waals surface area contributed by atoms with Crippen molar-refractivity contribution in [1.82, 2.24) is 9.55 Å². The summed E-state index contributed by atoms with van der Waals surface area (Å²) in [7, 11) is 0. The van der Waals surface area contributed by atoms with E-state index < -0.39 is 24.2 Å². The van der Waals surface area contributed by atoms with Crippen LogP contribution in [0.3, 0.4) is 0 Å². The number of ether oxygens (including phenoxy) is 1. The monoisotopic (exact) mass is 303 g/mol. The summed E-state index contributed by atoms with van der Waals surface area (Å²) in [5, 5.41) is 11.4. The third-order valence-electron chi connectivity index (χ3n) is 2.71. The molecule has 0 bridgehead atoms. The summed E-state index contributed by atoms with van der Waals surface area (Å²) in [6.07, 6.45) is 1.91. The first-order chi connectivity index (χ1) is 10.5. The summed E-state index contributed by atoms with van der Waals surface area (Å²) >= 11 is 0. The topological polar surface area (TPSA) is 111 Å². The van der Waals surface area contributed by atoms with E-state index in [0.29, 0.717) is 11.2 Å². The molecule has 1 aromatic heterocycles. The van der Waals surface area contributed by atoms with E-state index in [1.54, 1.807) is 12.1 Å². The first kappa shape index (κ1) is 15.2. The smallest absolute Gasteiger partial charge is 0.411 e. The minimum atomic E-state index is -1.15. The van der Waals surface area contributed by atoms with E-state index in [9.17, 15) is 14.4 Å². The summed E-state index contributed by atoms with van der Waals surface area (Å²) in [4.78, 5) is 38.3. The molecule has 114 valence electrons. The summed E-state index contributed by atoms with van der Waals surface area (Å²) in [5.74, 6) is -1.15. The Morgan fingerprint density at radius 3 is 2.91 bits per heavy atom. The molecule has 0 saturated heterocycles. The Labute approximate surface area is 124 Å². The van der Waals surface area contributed by atoms with E-state index in [1.807, 2.05) is 0 Å². The maximum Gasteiger partial charge on any atom is 0.411 e. The number of anilines is 1. The zero-order valence-corrected chi connectivity index (χ0v) is 11.5. The van der Waals surface area contributed by atoms with Crippen LogP contribution < -0.4 is 10.9 Å². The lowest BCUT2D eigenvalue weighted by molar-refractivity contribution is -0.137. The zero-order valence-electron chi connectivity index (χ0n) is 11.5. The summed E-state index contributed by atoms with van der Waals surface area (Å²) in [6, 6.07) is 4.52. The van der Waals surface area contributed by atoms with Gasteiger partial charge in [-0.1, -0.05) is 12.7 Å². The molecule has 0 aliphatic heterocycles. The number of carboxylic acid groups (broad SMARTS) is 1. The van der Waals surface area contributed by atoms with Gasteiger partial charge in [0, 0.05) is 5.69 Å². The first-order valence-electron chi connectivity index (χ1n) is 6.27. The number of carbonyl (C=O) groups excluding carboxylic acids is 1. The van der Waals surface area contributed by atoms with Crippen molar-refractivity contribution in [3.8, 4) is 0 Å². The summed E-state index contributed by atoms with van der Waals surface area (Å²) in [6.45, 7) is 3.00. The number of nitrogens with one attached hydrogen (secondary N) is 1. The number of hydrogen-bond donors (Lipinski definition) is 2. The molecule has 0 unspecified atom stereocenters. The number of fused-ring (bicyclic) bond motifs is 1. The fourth-order valence-corrected chi connectivity index (χ4v) is 1.78. The number of hydrogen-bond acceptors (Lipinski definition) is 5. The second-order valence-corrected chi connectivity index (χ2v) is 4.32. The number of aliphatic carboxylic acids is 1. The van der Waals surface area contributed by atoms with E-state index in [1.165, 1.54) is 18.5 Å². The van der Waals surface area contributed by atoms with Gasteiger partial charge in [0.05, 0.1) is 17.2 Å². The van der Waals surface area contributed by atoms with Crippen molar-refractivity contribution >= 4 is 28.7 Å². The van der Waals surface area contributed by atoms with Gasteiger partial charge in [-0.15, -0.1) is 0 Å². The van der Waals surface area contributed by atoms with Crippen molar-refractivity contribution in [1.29, 1.82) is 0 Å². The van der Waals surface area contributed by atoms with E-state index in [4.69, 9.17) is 9.84 Å². The van der Waals surface area contributed by atoms with Crippen LogP contribution in [0.25, 0.3) is 10.9 Å². The molecule has 0 aliphatic rings. The van der Waals surface area contributed by atoms with Gasteiger partial charge >= 0.3 is 12.1 Å². The van der Waals surface area contributed by atoms with Gasteiger partial charge in [0.15, 0.2) is 0 Å². The van der Waals surface area contributed by atoms with Crippen molar-refractivity contribution < 1.29 is 19.4 Å². The number of amides is 1. The van der Waals surface area contributed by atoms with Crippen LogP contribution in [0.4, 0.5) is 10.5 Å². The second kappa shape index (κ2) is 6.53. The maximum absolute atomic E-state index is 12.2. The number of carbonyl (C=O) groups is 2. The molecule has 2 rings (SSSR count). The van der Waals surface area contributed by atoms with Crippen LogP contribution in [0.2, 0.25) is 0 Å². The Bertz CT molecular complexity index is 797. The Morgan fingerprint density at radius 1 is 1.45 bits per heavy atom. The molecule has 0 atom stereocenters. The molecule has 8 heteroatoms. The Morgan fingerprint density at radius 2 is 2.23 bits per heavy atom. The lowest BCUT2D eigenvalue weighted by Crippen LogP contribution is -2.24. The third-order valence-corrected chi connectivity index (χ3v) is 2.71. The number of rotatable bonds is 5. The standard InChI is InChI=1S/C14H13N3O5/c1-2-5-22-14(21)16-9-3-4-11-10(6-9)13(20)17(8-15-11)7-12(18)19/h2-4,6,8H,1,5,7H2,(H,16,21)(H,18,19). The molecular formula is C14H13N3O5. The van der Waals surface area contributed by atoms with Gasteiger partial charge in [-0.25, -0.2) is 9.78 Å². The lowest BCUT2D eigenvalue weighted by atomic mass is 10.2. The highest BCUT2D eigenvalue weighted by Gasteiger charge is 2.09. The molecule has 22 heavy (non-hydrogen) atoms. The number of nitrogens with zero attached hydrogens (tertiary/aromatic N) is 2. The van der Waals surface area contributed by atoms with Crippen LogP contribution in [-0.4, -0.2) is 33.3 Å². The van der Waals surface area contributed by atoms with Crippen LogP contribution in [0.15, 0.2) is 42.0 Å². The van der Waals surface area contributed by atoms with Crippen LogP contribution in [0.1, 0.15) is 0 Å². The second-order valence-electron chi connectivity index (χ2n) is 4.32. The molecule has 0 radical (unpaired) electrons. The molecule has 0 aliphatic carbocycles. The van der Waals surface area contributed by atoms with Gasteiger partial charge in [0.25, 0.3) is 5.56 Å². The van der Waals surface area contributed by atoms with Crippen molar-refractivity contribution in [2.75, 3.05) is 11.9 Å². The first-order valence-corrected chi connectivity index (χ1v) is 6.27. The van der Waals surface area contributed by atoms with E-state index in [2.05, 4.69) is 16.9 Å². The van der Waals surface area contributed by atoms with E-state index in [0.717, 1.165) is 4.57 Å². The average Bonchev–Trinajstić information content (AvgIpc) is 2.48. The van der Waals surface area contributed by atoms with Crippen LogP contribution in [0.5, 0.6) is 0 Å². The highest BCUT2D eigenvalue weighted by atomic mass is 16.5. The van der Waals surface area contributed by atoms with Gasteiger partial charge in [-0.2, -0.15) is 0 Å². The number of benzene rings is 1. The lowest BCUT2D eigenvalue weighted by Gasteiger charge is -2.07. The minimum absolute atomic E-state index is 0.0619. The predicted molar refractivity (Wildman–Crippen MR) is 78.8 cm³/mol. The van der Waals surface area contributed by atoms with Gasteiger partial charge in [0.2, 0.25) is 0 Å². The van der Waals surface area contributed by atoms with Gasteiger partial charge in [0.1, 0.15) is 13.2 Å². The summed E-state index contributed by atoms with van der Waals surface area (Å²) < 4.78 is 5.75.